The van der Waals surface area contributed by atoms with Crippen molar-refractivity contribution < 1.29 is 0 Å². The second-order valence-electron chi connectivity index (χ2n) is 8.08. The molecule has 1 aliphatic carbocycles. The summed E-state index contributed by atoms with van der Waals surface area (Å²) in [5.74, 6) is 1.06. The lowest BCUT2D eigenvalue weighted by Crippen LogP contribution is -2.43. The second kappa shape index (κ2) is 8.31. The highest BCUT2D eigenvalue weighted by Crippen LogP contribution is 2.43. The predicted octanol–water partition coefficient (Wildman–Crippen LogP) is 2.92. The van der Waals surface area contributed by atoms with Gasteiger partial charge in [-0.15, -0.1) is 10.2 Å². The van der Waals surface area contributed by atoms with Crippen molar-refractivity contribution in [3.63, 3.8) is 0 Å². The molecule has 0 amide bonds. The number of piperidine rings is 1. The zero-order valence-electron chi connectivity index (χ0n) is 15.7. The molecule has 2 heterocycles. The SMILES string of the molecule is c1ccc(CCn2cnnc2CNC2CCC3(CCNCC3)CC2)cc1. The maximum atomic E-state index is 4.34. The van der Waals surface area contributed by atoms with Crippen molar-refractivity contribution in [1.29, 1.82) is 0 Å². The van der Waals surface area contributed by atoms with Crippen LogP contribution in [0.15, 0.2) is 36.7 Å². The van der Waals surface area contributed by atoms with Crippen molar-refractivity contribution in [1.82, 2.24) is 25.4 Å². The van der Waals surface area contributed by atoms with E-state index < -0.39 is 0 Å². The highest BCUT2D eigenvalue weighted by molar-refractivity contribution is 5.14. The van der Waals surface area contributed by atoms with Crippen LogP contribution in [-0.2, 0) is 19.5 Å². The number of benzene rings is 1. The van der Waals surface area contributed by atoms with Gasteiger partial charge in [-0.05, 0) is 69.0 Å². The minimum atomic E-state index is 0.634. The van der Waals surface area contributed by atoms with Crippen molar-refractivity contribution in [3.8, 4) is 0 Å². The fourth-order valence-electron chi connectivity index (χ4n) is 4.62. The summed E-state index contributed by atoms with van der Waals surface area (Å²) in [5, 5.41) is 15.7. The van der Waals surface area contributed by atoms with E-state index in [9.17, 15) is 0 Å². The Balaban J connectivity index is 1.25. The van der Waals surface area contributed by atoms with Gasteiger partial charge in [-0.1, -0.05) is 30.3 Å². The summed E-state index contributed by atoms with van der Waals surface area (Å²) in [5.41, 5.74) is 2.00. The van der Waals surface area contributed by atoms with Crippen molar-refractivity contribution in [2.45, 2.75) is 64.1 Å². The maximum Gasteiger partial charge on any atom is 0.146 e. The first-order valence-electron chi connectivity index (χ1n) is 10.2. The van der Waals surface area contributed by atoms with E-state index in [-0.39, 0.29) is 0 Å². The molecule has 2 aromatic rings. The molecule has 0 bridgehead atoms. The van der Waals surface area contributed by atoms with E-state index in [2.05, 4.69) is 55.7 Å². The van der Waals surface area contributed by atoms with Gasteiger partial charge in [0.15, 0.2) is 0 Å². The molecule has 0 unspecified atom stereocenters. The normalized spacial score (nSPS) is 20.5. The van der Waals surface area contributed by atoms with Gasteiger partial charge in [0.2, 0.25) is 0 Å². The van der Waals surface area contributed by atoms with E-state index >= 15 is 0 Å². The van der Waals surface area contributed by atoms with Gasteiger partial charge in [0.1, 0.15) is 12.2 Å². The molecule has 2 N–H and O–H groups in total. The summed E-state index contributed by atoms with van der Waals surface area (Å²) >= 11 is 0. The summed E-state index contributed by atoms with van der Waals surface area (Å²) in [6.07, 6.45) is 11.0. The largest absolute Gasteiger partial charge is 0.317 e. The van der Waals surface area contributed by atoms with E-state index in [1.807, 2.05) is 6.33 Å². The first-order valence-corrected chi connectivity index (χ1v) is 10.2. The molecular weight excluding hydrogens is 322 g/mol. The highest BCUT2D eigenvalue weighted by Gasteiger charge is 2.35. The van der Waals surface area contributed by atoms with E-state index in [0.29, 0.717) is 11.5 Å². The Bertz CT molecular complexity index is 665. The Labute approximate surface area is 156 Å². The molecule has 5 nitrogen and oxygen atoms in total. The molecular formula is C21H31N5. The summed E-state index contributed by atoms with van der Waals surface area (Å²) in [7, 11) is 0. The topological polar surface area (TPSA) is 54.8 Å². The molecule has 26 heavy (non-hydrogen) atoms. The van der Waals surface area contributed by atoms with Crippen LogP contribution in [0.4, 0.5) is 0 Å². The molecule has 2 aliphatic rings. The van der Waals surface area contributed by atoms with Gasteiger partial charge in [-0.3, -0.25) is 0 Å². The van der Waals surface area contributed by atoms with Crippen molar-refractivity contribution in [3.05, 3.63) is 48.0 Å². The first-order chi connectivity index (χ1) is 12.8. The van der Waals surface area contributed by atoms with Gasteiger partial charge in [0, 0.05) is 12.6 Å². The molecule has 2 fully saturated rings. The standard InChI is InChI=1S/C21H31N5/c1-2-4-18(5-3-1)8-15-26-17-24-25-20(26)16-23-19-6-9-21(10-7-19)11-13-22-14-12-21/h1-5,17,19,22-23H,6-16H2. The quantitative estimate of drug-likeness (QED) is 0.838. The minimum Gasteiger partial charge on any atom is -0.317 e. The Morgan fingerprint density at radius 1 is 1.08 bits per heavy atom. The maximum absolute atomic E-state index is 4.34. The first kappa shape index (κ1) is 17.7. The average molecular weight is 354 g/mol. The number of nitrogens with zero attached hydrogens (tertiary/aromatic N) is 3. The van der Waals surface area contributed by atoms with Gasteiger partial charge >= 0.3 is 0 Å². The molecule has 4 rings (SSSR count). The Hall–Kier alpha value is -1.72. The lowest BCUT2D eigenvalue weighted by atomic mass is 9.67. The number of hydrogen-bond donors (Lipinski definition) is 2. The second-order valence-corrected chi connectivity index (χ2v) is 8.08. The van der Waals surface area contributed by atoms with Crippen molar-refractivity contribution >= 4 is 0 Å². The van der Waals surface area contributed by atoms with E-state index in [4.69, 9.17) is 0 Å². The van der Waals surface area contributed by atoms with Crippen LogP contribution in [0.25, 0.3) is 0 Å². The third-order valence-corrected chi connectivity index (χ3v) is 6.44. The molecule has 1 aromatic carbocycles. The fourth-order valence-corrected chi connectivity index (χ4v) is 4.62. The van der Waals surface area contributed by atoms with Crippen LogP contribution in [0, 0.1) is 5.41 Å². The van der Waals surface area contributed by atoms with Crippen LogP contribution in [0.1, 0.15) is 49.9 Å². The van der Waals surface area contributed by atoms with Crippen LogP contribution < -0.4 is 10.6 Å². The van der Waals surface area contributed by atoms with E-state index in [1.54, 1.807) is 0 Å². The van der Waals surface area contributed by atoms with Gasteiger partial charge in [0.05, 0.1) is 6.54 Å². The fraction of sp³-hybridized carbons (Fsp3) is 0.619. The smallest absolute Gasteiger partial charge is 0.146 e. The lowest BCUT2D eigenvalue weighted by molar-refractivity contribution is 0.115. The molecule has 5 heteroatoms. The van der Waals surface area contributed by atoms with Crippen molar-refractivity contribution in [2.75, 3.05) is 13.1 Å². The molecule has 1 aromatic heterocycles. The van der Waals surface area contributed by atoms with Gasteiger partial charge in [0.25, 0.3) is 0 Å². The number of nitrogens with one attached hydrogen (secondary N) is 2. The van der Waals surface area contributed by atoms with Crippen LogP contribution in [-0.4, -0.2) is 33.9 Å². The summed E-state index contributed by atoms with van der Waals surface area (Å²) < 4.78 is 2.19. The lowest BCUT2D eigenvalue weighted by Gasteiger charge is -2.43. The van der Waals surface area contributed by atoms with E-state index in [1.165, 1.54) is 57.2 Å². The van der Waals surface area contributed by atoms with Crippen LogP contribution in [0.5, 0.6) is 0 Å². The predicted molar refractivity (Wildman–Crippen MR) is 104 cm³/mol. The average Bonchev–Trinajstić information content (AvgIpc) is 3.15. The molecule has 0 atom stereocenters. The number of hydrogen-bond acceptors (Lipinski definition) is 4. The van der Waals surface area contributed by atoms with Gasteiger partial charge < -0.3 is 15.2 Å². The summed E-state index contributed by atoms with van der Waals surface area (Å²) in [4.78, 5) is 0. The van der Waals surface area contributed by atoms with Crippen LogP contribution in [0.2, 0.25) is 0 Å². The number of rotatable bonds is 6. The molecule has 1 aliphatic heterocycles. The van der Waals surface area contributed by atoms with Crippen molar-refractivity contribution in [2.24, 2.45) is 5.41 Å². The monoisotopic (exact) mass is 353 g/mol. The zero-order valence-corrected chi connectivity index (χ0v) is 15.7. The Kier molecular flexibility index (Phi) is 5.65. The van der Waals surface area contributed by atoms with Crippen LogP contribution in [0.3, 0.4) is 0 Å². The number of aromatic nitrogens is 3. The highest BCUT2D eigenvalue weighted by atomic mass is 15.3. The summed E-state index contributed by atoms with van der Waals surface area (Å²) in [6, 6.07) is 11.3. The van der Waals surface area contributed by atoms with Gasteiger partial charge in [-0.25, -0.2) is 0 Å². The Morgan fingerprint density at radius 2 is 1.85 bits per heavy atom. The van der Waals surface area contributed by atoms with Crippen LogP contribution >= 0.6 is 0 Å². The molecule has 1 saturated carbocycles. The molecule has 1 saturated heterocycles. The minimum absolute atomic E-state index is 0.634. The summed E-state index contributed by atoms with van der Waals surface area (Å²) in [6.45, 7) is 4.19. The molecule has 0 radical (unpaired) electrons. The van der Waals surface area contributed by atoms with Gasteiger partial charge in [-0.2, -0.15) is 0 Å². The Morgan fingerprint density at radius 3 is 2.62 bits per heavy atom. The zero-order chi connectivity index (χ0) is 17.7. The van der Waals surface area contributed by atoms with E-state index in [0.717, 1.165) is 25.3 Å². The third-order valence-electron chi connectivity index (χ3n) is 6.44. The number of aryl methyl sites for hydroxylation is 2. The molecule has 140 valence electrons. The molecule has 1 spiro atoms. The third kappa shape index (κ3) is 4.33.